The Bertz CT molecular complexity index is 219. The zero-order valence-electron chi connectivity index (χ0n) is 9.13. The lowest BCUT2D eigenvalue weighted by molar-refractivity contribution is 0.0976. The van der Waals surface area contributed by atoms with Gasteiger partial charge in [-0.3, -0.25) is 4.57 Å². The Hall–Kier alpha value is -0.190. The minimum Gasteiger partial charge on any atom is -0.394 e. The first kappa shape index (κ1) is 14.8. The van der Waals surface area contributed by atoms with Gasteiger partial charge in [0, 0.05) is 5.82 Å². The fourth-order valence-corrected chi connectivity index (χ4v) is 2.25. The fourth-order valence-electron chi connectivity index (χ4n) is 0.905. The van der Waals surface area contributed by atoms with Crippen molar-refractivity contribution >= 4 is 7.60 Å². The van der Waals surface area contributed by atoms with E-state index in [4.69, 9.17) is 19.3 Å². The lowest BCUT2D eigenvalue weighted by Crippen LogP contribution is -2.09. The van der Waals surface area contributed by atoms with Crippen LogP contribution in [-0.4, -0.2) is 36.1 Å². The summed E-state index contributed by atoms with van der Waals surface area (Å²) in [4.78, 5) is 0. The average molecular weight is 238 g/mol. The third-order valence-electron chi connectivity index (χ3n) is 1.52. The quantitative estimate of drug-likeness (QED) is 0.627. The van der Waals surface area contributed by atoms with E-state index in [1.165, 1.54) is 11.9 Å². The van der Waals surface area contributed by atoms with Gasteiger partial charge in [0.2, 0.25) is 0 Å². The van der Waals surface area contributed by atoms with Crippen LogP contribution in [0.3, 0.4) is 0 Å². The number of aliphatic hydroxyl groups excluding tert-OH is 2. The molecule has 0 rings (SSSR count). The van der Waals surface area contributed by atoms with Crippen molar-refractivity contribution in [1.29, 1.82) is 0 Å². The molecule has 6 heteroatoms. The van der Waals surface area contributed by atoms with E-state index in [0.29, 0.717) is 13.2 Å². The van der Waals surface area contributed by atoms with Crippen LogP contribution in [0.25, 0.3) is 0 Å². The zero-order valence-corrected chi connectivity index (χ0v) is 10.0. The molecule has 90 valence electrons. The highest BCUT2D eigenvalue weighted by Crippen LogP contribution is 2.49. The normalized spacial score (nSPS) is 14.7. The van der Waals surface area contributed by atoms with Crippen molar-refractivity contribution in [3.8, 4) is 0 Å². The van der Waals surface area contributed by atoms with Crippen molar-refractivity contribution < 1.29 is 23.8 Å². The van der Waals surface area contributed by atoms with Crippen molar-refractivity contribution in [1.82, 2.24) is 0 Å². The van der Waals surface area contributed by atoms with Gasteiger partial charge in [-0.15, -0.1) is 0 Å². The third kappa shape index (κ3) is 6.82. The molecule has 0 aromatic carbocycles. The second-order valence-corrected chi connectivity index (χ2v) is 4.73. The van der Waals surface area contributed by atoms with Gasteiger partial charge in [0.05, 0.1) is 25.9 Å². The summed E-state index contributed by atoms with van der Waals surface area (Å²) in [5.41, 5.74) is 0. The molecule has 0 aliphatic rings. The SMILES string of the molecule is CCOP(=O)(/C=C\C[C@@H](O)CO)OCC. The van der Waals surface area contributed by atoms with Gasteiger partial charge >= 0.3 is 7.60 Å². The summed E-state index contributed by atoms with van der Waals surface area (Å²) >= 11 is 0. The van der Waals surface area contributed by atoms with E-state index in [9.17, 15) is 4.57 Å². The summed E-state index contributed by atoms with van der Waals surface area (Å²) in [5, 5.41) is 17.6. The first-order chi connectivity index (χ1) is 7.08. The molecule has 0 spiro atoms. The number of aliphatic hydroxyl groups is 2. The first-order valence-electron chi connectivity index (χ1n) is 4.93. The highest BCUT2D eigenvalue weighted by molar-refractivity contribution is 7.57. The molecular formula is C9H19O5P. The first-order valence-corrected chi connectivity index (χ1v) is 6.54. The molecule has 2 N–H and O–H groups in total. The molecule has 0 aromatic heterocycles. The number of hydrogen-bond acceptors (Lipinski definition) is 5. The van der Waals surface area contributed by atoms with Gasteiger partial charge in [-0.1, -0.05) is 6.08 Å². The molecule has 0 radical (unpaired) electrons. The van der Waals surface area contributed by atoms with Gasteiger partial charge in [-0.2, -0.15) is 0 Å². The highest BCUT2D eigenvalue weighted by Gasteiger charge is 2.18. The largest absolute Gasteiger partial charge is 0.394 e. The van der Waals surface area contributed by atoms with E-state index < -0.39 is 13.7 Å². The molecule has 0 unspecified atom stereocenters. The second kappa shape index (κ2) is 8.02. The molecule has 0 aliphatic carbocycles. The standard InChI is InChI=1S/C9H19O5P/c1-3-13-15(12,14-4-2)7-5-6-9(11)8-10/h5,7,9-11H,3-4,6,8H2,1-2H3/b7-5-/t9-/m1/s1. The maximum atomic E-state index is 11.8. The van der Waals surface area contributed by atoms with Gasteiger partial charge in [0.15, 0.2) is 0 Å². The summed E-state index contributed by atoms with van der Waals surface area (Å²) in [7, 11) is -3.16. The van der Waals surface area contributed by atoms with Crippen LogP contribution in [-0.2, 0) is 13.6 Å². The summed E-state index contributed by atoms with van der Waals surface area (Å²) < 4.78 is 21.8. The molecule has 0 amide bonds. The van der Waals surface area contributed by atoms with Gasteiger partial charge in [0.1, 0.15) is 0 Å². The predicted octanol–water partition coefficient (Wildman–Crippen LogP) is 1.51. The van der Waals surface area contributed by atoms with Crippen LogP contribution in [0, 0.1) is 0 Å². The van der Waals surface area contributed by atoms with E-state index in [1.54, 1.807) is 13.8 Å². The Morgan fingerprint density at radius 3 is 2.27 bits per heavy atom. The van der Waals surface area contributed by atoms with Gasteiger partial charge in [-0.25, -0.2) is 0 Å². The van der Waals surface area contributed by atoms with Crippen LogP contribution >= 0.6 is 7.60 Å². The van der Waals surface area contributed by atoms with E-state index in [0.717, 1.165) is 0 Å². The molecule has 0 saturated heterocycles. The molecule has 0 saturated carbocycles. The van der Waals surface area contributed by atoms with Crippen LogP contribution in [0.4, 0.5) is 0 Å². The molecule has 0 aliphatic heterocycles. The van der Waals surface area contributed by atoms with Crippen molar-refractivity contribution in [2.24, 2.45) is 0 Å². The van der Waals surface area contributed by atoms with Crippen LogP contribution in [0.2, 0.25) is 0 Å². The van der Waals surface area contributed by atoms with Gasteiger partial charge in [0.25, 0.3) is 0 Å². The molecule has 0 heterocycles. The molecule has 5 nitrogen and oxygen atoms in total. The van der Waals surface area contributed by atoms with E-state index in [-0.39, 0.29) is 13.0 Å². The molecular weight excluding hydrogens is 219 g/mol. The van der Waals surface area contributed by atoms with Crippen LogP contribution < -0.4 is 0 Å². The smallest absolute Gasteiger partial charge is 0.353 e. The van der Waals surface area contributed by atoms with E-state index in [1.807, 2.05) is 0 Å². The monoisotopic (exact) mass is 238 g/mol. The Balaban J connectivity index is 4.21. The minimum absolute atomic E-state index is 0.223. The van der Waals surface area contributed by atoms with Crippen LogP contribution in [0.1, 0.15) is 20.3 Å². The molecule has 0 fully saturated rings. The molecule has 0 bridgehead atoms. The average Bonchev–Trinajstić information content (AvgIpc) is 2.18. The van der Waals surface area contributed by atoms with E-state index in [2.05, 4.69) is 0 Å². The van der Waals surface area contributed by atoms with Crippen molar-refractivity contribution in [2.45, 2.75) is 26.4 Å². The maximum absolute atomic E-state index is 11.8. The molecule has 1 atom stereocenters. The molecule has 15 heavy (non-hydrogen) atoms. The Morgan fingerprint density at radius 1 is 1.33 bits per heavy atom. The van der Waals surface area contributed by atoms with Gasteiger partial charge in [-0.05, 0) is 20.3 Å². The Kier molecular flexibility index (Phi) is 7.92. The van der Waals surface area contributed by atoms with Crippen LogP contribution in [0.5, 0.6) is 0 Å². The van der Waals surface area contributed by atoms with E-state index >= 15 is 0 Å². The summed E-state index contributed by atoms with van der Waals surface area (Å²) in [6.45, 7) is 3.72. The highest BCUT2D eigenvalue weighted by atomic mass is 31.2. The zero-order chi connectivity index (χ0) is 11.7. The van der Waals surface area contributed by atoms with Crippen molar-refractivity contribution in [3.63, 3.8) is 0 Å². The number of rotatable bonds is 8. The predicted molar refractivity (Wildman–Crippen MR) is 57.7 cm³/mol. The van der Waals surface area contributed by atoms with Crippen molar-refractivity contribution in [3.05, 3.63) is 11.9 Å². The summed E-state index contributed by atoms with van der Waals surface area (Å²) in [6.07, 6.45) is 0.881. The van der Waals surface area contributed by atoms with Gasteiger partial charge < -0.3 is 19.3 Å². The lowest BCUT2D eigenvalue weighted by Gasteiger charge is -2.12. The Labute approximate surface area is 90.2 Å². The fraction of sp³-hybridized carbons (Fsp3) is 0.778. The Morgan fingerprint density at radius 2 is 1.87 bits per heavy atom. The maximum Gasteiger partial charge on any atom is 0.353 e. The topological polar surface area (TPSA) is 76.0 Å². The summed E-state index contributed by atoms with van der Waals surface area (Å²) in [5.74, 6) is 1.32. The third-order valence-corrected chi connectivity index (χ3v) is 3.34. The number of hydrogen-bond donors (Lipinski definition) is 2. The van der Waals surface area contributed by atoms with Crippen molar-refractivity contribution in [2.75, 3.05) is 19.8 Å². The molecule has 0 aromatic rings. The second-order valence-electron chi connectivity index (χ2n) is 2.83. The van der Waals surface area contributed by atoms with Crippen LogP contribution in [0.15, 0.2) is 11.9 Å². The minimum atomic E-state index is -3.16. The summed E-state index contributed by atoms with van der Waals surface area (Å²) in [6, 6.07) is 0. The lowest BCUT2D eigenvalue weighted by atomic mass is 10.3.